The van der Waals surface area contributed by atoms with Crippen LogP contribution in [0.3, 0.4) is 0 Å². The molecule has 1 N–H and O–H groups in total. The van der Waals surface area contributed by atoms with Crippen LogP contribution >= 0.6 is 0 Å². The van der Waals surface area contributed by atoms with E-state index in [4.69, 9.17) is 9.47 Å². The van der Waals surface area contributed by atoms with Gasteiger partial charge in [0, 0.05) is 12.6 Å². The first-order valence-electron chi connectivity index (χ1n) is 10.00. The summed E-state index contributed by atoms with van der Waals surface area (Å²) in [5, 5.41) is 11.2. The Labute approximate surface area is 176 Å². The summed E-state index contributed by atoms with van der Waals surface area (Å²) in [6.07, 6.45) is 1.65. The number of ketones is 1. The first-order valence-corrected chi connectivity index (χ1v) is 10.00. The van der Waals surface area contributed by atoms with Crippen LogP contribution in [0.2, 0.25) is 0 Å². The predicted octanol–water partition coefficient (Wildman–Crippen LogP) is 4.23. The summed E-state index contributed by atoms with van der Waals surface area (Å²) < 4.78 is 10.6. The monoisotopic (exact) mass is 409 g/mol. The maximum Gasteiger partial charge on any atom is 0.295 e. The van der Waals surface area contributed by atoms with E-state index in [1.165, 1.54) is 14.2 Å². The molecule has 0 saturated carbocycles. The van der Waals surface area contributed by atoms with E-state index in [-0.39, 0.29) is 11.3 Å². The number of likely N-dealkylation sites (tertiary alicyclic amines) is 1. The Bertz CT molecular complexity index is 995. The molecule has 1 aliphatic rings. The van der Waals surface area contributed by atoms with Crippen LogP contribution < -0.4 is 9.47 Å². The van der Waals surface area contributed by atoms with Crippen LogP contribution in [0, 0.1) is 6.92 Å². The zero-order valence-corrected chi connectivity index (χ0v) is 17.8. The smallest absolute Gasteiger partial charge is 0.295 e. The Balaban J connectivity index is 2.21. The normalized spacial score (nSPS) is 18.0. The van der Waals surface area contributed by atoms with Gasteiger partial charge in [0.05, 0.1) is 31.4 Å². The van der Waals surface area contributed by atoms with Crippen molar-refractivity contribution in [2.75, 3.05) is 20.8 Å². The van der Waals surface area contributed by atoms with E-state index in [0.29, 0.717) is 23.6 Å². The third kappa shape index (κ3) is 3.90. The highest BCUT2D eigenvalue weighted by Crippen LogP contribution is 2.41. The zero-order chi connectivity index (χ0) is 21.8. The van der Waals surface area contributed by atoms with Crippen LogP contribution in [0.5, 0.6) is 11.5 Å². The van der Waals surface area contributed by atoms with Crippen LogP contribution in [-0.4, -0.2) is 42.5 Å². The topological polar surface area (TPSA) is 76.1 Å². The van der Waals surface area contributed by atoms with Gasteiger partial charge in [-0.15, -0.1) is 0 Å². The van der Waals surface area contributed by atoms with Crippen molar-refractivity contribution in [3.63, 3.8) is 0 Å². The third-order valence-electron chi connectivity index (χ3n) is 5.31. The lowest BCUT2D eigenvalue weighted by atomic mass is 9.94. The number of aliphatic hydroxyl groups excluding tert-OH is 1. The maximum atomic E-state index is 13.0. The van der Waals surface area contributed by atoms with Crippen LogP contribution in [0.25, 0.3) is 5.76 Å². The first-order chi connectivity index (χ1) is 14.4. The maximum absolute atomic E-state index is 13.0. The Hall–Kier alpha value is -3.28. The number of hydrogen-bond donors (Lipinski definition) is 1. The van der Waals surface area contributed by atoms with Crippen LogP contribution in [-0.2, 0) is 9.59 Å². The van der Waals surface area contributed by atoms with Gasteiger partial charge in [-0.05, 0) is 31.0 Å². The van der Waals surface area contributed by atoms with Crippen molar-refractivity contribution in [2.45, 2.75) is 32.7 Å². The highest BCUT2D eigenvalue weighted by atomic mass is 16.5. The molecule has 6 heteroatoms. The molecule has 1 fully saturated rings. The lowest BCUT2D eigenvalue weighted by Crippen LogP contribution is -2.30. The van der Waals surface area contributed by atoms with E-state index in [1.54, 1.807) is 23.1 Å². The number of aliphatic hydroxyl groups is 1. The summed E-state index contributed by atoms with van der Waals surface area (Å²) >= 11 is 0. The van der Waals surface area contributed by atoms with E-state index in [0.717, 1.165) is 24.0 Å². The molecule has 0 aromatic heterocycles. The number of aryl methyl sites for hydroxylation is 1. The van der Waals surface area contributed by atoms with E-state index in [1.807, 2.05) is 38.1 Å². The number of amides is 1. The van der Waals surface area contributed by atoms with Gasteiger partial charge < -0.3 is 19.5 Å². The molecule has 1 amide bonds. The van der Waals surface area contributed by atoms with Crippen molar-refractivity contribution in [1.82, 2.24) is 4.90 Å². The van der Waals surface area contributed by atoms with Crippen LogP contribution in [0.15, 0.2) is 48.0 Å². The number of hydrogen-bond acceptors (Lipinski definition) is 5. The molecule has 1 atom stereocenters. The fourth-order valence-electron chi connectivity index (χ4n) is 3.77. The summed E-state index contributed by atoms with van der Waals surface area (Å²) in [4.78, 5) is 27.4. The van der Waals surface area contributed by atoms with Crippen LogP contribution in [0.4, 0.5) is 0 Å². The molecule has 2 aromatic rings. The number of benzene rings is 2. The molecule has 158 valence electrons. The van der Waals surface area contributed by atoms with Crippen molar-refractivity contribution < 1.29 is 24.2 Å². The molecule has 1 aliphatic heterocycles. The van der Waals surface area contributed by atoms with Crippen molar-refractivity contribution in [2.24, 2.45) is 0 Å². The van der Waals surface area contributed by atoms with Crippen molar-refractivity contribution in [3.8, 4) is 11.5 Å². The number of ether oxygens (including phenoxy) is 2. The Morgan fingerprint density at radius 3 is 2.50 bits per heavy atom. The molecule has 2 aromatic carbocycles. The highest BCUT2D eigenvalue weighted by molar-refractivity contribution is 6.46. The molecule has 0 radical (unpaired) electrons. The van der Waals surface area contributed by atoms with Gasteiger partial charge >= 0.3 is 0 Å². The number of methoxy groups -OCH3 is 2. The molecule has 0 bridgehead atoms. The lowest BCUT2D eigenvalue weighted by Gasteiger charge is -2.25. The van der Waals surface area contributed by atoms with Gasteiger partial charge in [0.15, 0.2) is 0 Å². The van der Waals surface area contributed by atoms with Gasteiger partial charge in [-0.1, -0.05) is 43.2 Å². The minimum Gasteiger partial charge on any atom is -0.507 e. The molecular weight excluding hydrogens is 382 g/mol. The molecule has 1 unspecified atom stereocenters. The Morgan fingerprint density at radius 2 is 1.87 bits per heavy atom. The molecule has 30 heavy (non-hydrogen) atoms. The second kappa shape index (κ2) is 9.03. The van der Waals surface area contributed by atoms with E-state index in [9.17, 15) is 14.7 Å². The third-order valence-corrected chi connectivity index (χ3v) is 5.31. The fourth-order valence-corrected chi connectivity index (χ4v) is 3.77. The van der Waals surface area contributed by atoms with Gasteiger partial charge in [0.25, 0.3) is 11.7 Å². The van der Waals surface area contributed by atoms with Gasteiger partial charge in [-0.2, -0.15) is 0 Å². The largest absolute Gasteiger partial charge is 0.507 e. The van der Waals surface area contributed by atoms with E-state index >= 15 is 0 Å². The molecule has 0 spiro atoms. The van der Waals surface area contributed by atoms with E-state index in [2.05, 4.69) is 0 Å². The number of nitrogens with zero attached hydrogens (tertiary/aromatic N) is 1. The summed E-state index contributed by atoms with van der Waals surface area (Å²) in [6, 6.07) is 11.9. The lowest BCUT2D eigenvalue weighted by molar-refractivity contribution is -0.139. The molecule has 3 rings (SSSR count). The summed E-state index contributed by atoms with van der Waals surface area (Å²) in [7, 11) is 3.01. The second-order valence-electron chi connectivity index (χ2n) is 7.33. The number of Topliss-reactive ketones (excluding diaryl/α,β-unsaturated/α-hetero) is 1. The molecule has 1 saturated heterocycles. The van der Waals surface area contributed by atoms with Crippen molar-refractivity contribution in [1.29, 1.82) is 0 Å². The zero-order valence-electron chi connectivity index (χ0n) is 17.8. The number of unbranched alkanes of at least 4 members (excludes halogenated alkanes) is 1. The first kappa shape index (κ1) is 21.4. The fraction of sp³-hybridized carbons (Fsp3) is 0.333. The molecular formula is C24H27NO5. The summed E-state index contributed by atoms with van der Waals surface area (Å²) in [5.41, 5.74) is 2.21. The molecule has 1 heterocycles. The Kier molecular flexibility index (Phi) is 6.45. The van der Waals surface area contributed by atoms with Gasteiger partial charge in [-0.3, -0.25) is 9.59 Å². The number of carbonyl (C=O) groups excluding carboxylic acids is 2. The minimum atomic E-state index is -0.687. The van der Waals surface area contributed by atoms with Crippen LogP contribution in [0.1, 0.15) is 42.5 Å². The summed E-state index contributed by atoms with van der Waals surface area (Å²) in [6.45, 7) is 4.42. The Morgan fingerprint density at radius 1 is 1.10 bits per heavy atom. The second-order valence-corrected chi connectivity index (χ2v) is 7.33. The quantitative estimate of drug-likeness (QED) is 0.421. The average molecular weight is 409 g/mol. The molecule has 0 aliphatic carbocycles. The molecule has 6 nitrogen and oxygen atoms in total. The average Bonchev–Trinajstić information content (AvgIpc) is 3.01. The van der Waals surface area contributed by atoms with Gasteiger partial charge in [-0.25, -0.2) is 0 Å². The number of rotatable bonds is 7. The number of carbonyl (C=O) groups is 2. The summed E-state index contributed by atoms with van der Waals surface area (Å²) in [5.74, 6) is -0.619. The highest BCUT2D eigenvalue weighted by Gasteiger charge is 2.46. The van der Waals surface area contributed by atoms with E-state index < -0.39 is 17.7 Å². The van der Waals surface area contributed by atoms with Gasteiger partial charge in [0.2, 0.25) is 0 Å². The van der Waals surface area contributed by atoms with Crippen molar-refractivity contribution >= 4 is 17.4 Å². The minimum absolute atomic E-state index is 0.0742. The van der Waals surface area contributed by atoms with Crippen molar-refractivity contribution in [3.05, 3.63) is 64.7 Å². The SMILES string of the molecule is CCCCN1C(=O)C(=O)/C(=C(\O)c2ccc(OC)cc2OC)C1c1cccc(C)c1. The van der Waals surface area contributed by atoms with Gasteiger partial charge in [0.1, 0.15) is 17.3 Å². The predicted molar refractivity (Wildman–Crippen MR) is 115 cm³/mol. The standard InChI is InChI=1S/C24H27NO5/c1-5-6-12-25-21(16-9-7-8-15(2)13-16)20(23(27)24(25)28)22(26)18-11-10-17(29-3)14-19(18)30-4/h7-11,13-14,21,26H,5-6,12H2,1-4H3/b22-20-.